The molecule has 2 aliphatic rings. The largest absolute Gasteiger partial charge is 0.475 e. The highest BCUT2D eigenvalue weighted by Crippen LogP contribution is 2.37. The van der Waals surface area contributed by atoms with Crippen molar-refractivity contribution in [3.8, 4) is 17.1 Å². The van der Waals surface area contributed by atoms with Gasteiger partial charge in [-0.3, -0.25) is 9.48 Å². The van der Waals surface area contributed by atoms with E-state index in [4.69, 9.17) is 9.84 Å². The van der Waals surface area contributed by atoms with Gasteiger partial charge in [-0.15, -0.1) is 0 Å². The Morgan fingerprint density at radius 3 is 2.57 bits per heavy atom. The van der Waals surface area contributed by atoms with Crippen LogP contribution in [0.4, 0.5) is 4.39 Å². The monoisotopic (exact) mass is 506 g/mol. The number of sulfone groups is 1. The molecule has 0 saturated carbocycles. The second kappa shape index (κ2) is 9.52. The quantitative estimate of drug-likeness (QED) is 0.642. The lowest BCUT2D eigenvalue weighted by atomic mass is 9.84. The van der Waals surface area contributed by atoms with E-state index in [1.807, 2.05) is 39.3 Å². The summed E-state index contributed by atoms with van der Waals surface area (Å²) in [6.45, 7) is 9.73. The van der Waals surface area contributed by atoms with Crippen molar-refractivity contribution in [2.24, 2.45) is 5.92 Å². The molecule has 1 saturated heterocycles. The zero-order chi connectivity index (χ0) is 25.5. The number of hydrogen-bond acceptors (Lipinski definition) is 6. The number of fused-ring (bicyclic) bond motifs is 1. The molecular weight excluding hydrogens is 471 g/mol. The first kappa shape index (κ1) is 25.6. The van der Waals surface area contributed by atoms with E-state index < -0.39 is 21.2 Å². The van der Waals surface area contributed by atoms with Crippen LogP contribution in [0.25, 0.3) is 11.3 Å². The third kappa shape index (κ3) is 5.52. The van der Waals surface area contributed by atoms with Crippen LogP contribution in [0.2, 0.25) is 0 Å². The molecule has 1 aliphatic carbocycles. The van der Waals surface area contributed by atoms with Gasteiger partial charge < -0.3 is 10.1 Å². The number of hydrogen-bond donors (Lipinski definition) is 1. The molecule has 10 heteroatoms. The molecule has 0 bridgehead atoms. The number of halogens is 1. The Morgan fingerprint density at radius 2 is 1.94 bits per heavy atom. The number of aromatic nitrogens is 3. The molecule has 1 atom stereocenters. The number of ether oxygens (including phenoxy) is 1. The number of nitrogens with zero attached hydrogens (tertiary/aromatic N) is 3. The fourth-order valence-corrected chi connectivity index (χ4v) is 6.65. The third-order valence-electron chi connectivity index (χ3n) is 6.96. The Kier molecular flexibility index (Phi) is 6.96. The lowest BCUT2D eigenvalue weighted by molar-refractivity contribution is -0.127. The summed E-state index contributed by atoms with van der Waals surface area (Å²) in [5.41, 5.74) is 2.31. The molecule has 1 aliphatic heterocycles. The summed E-state index contributed by atoms with van der Waals surface area (Å²) in [5, 5.41) is 7.91. The molecule has 0 unspecified atom stereocenters. The molecule has 3 heterocycles. The van der Waals surface area contributed by atoms with Crippen LogP contribution >= 0.6 is 0 Å². The van der Waals surface area contributed by atoms with Crippen molar-refractivity contribution in [1.29, 1.82) is 0 Å². The molecule has 4 rings (SSSR count). The lowest BCUT2D eigenvalue weighted by Crippen LogP contribution is -2.53. The first-order chi connectivity index (χ1) is 16.4. The Balaban J connectivity index is 1.60. The molecular formula is C25H35FN4O4S. The summed E-state index contributed by atoms with van der Waals surface area (Å²) >= 11 is 0. The van der Waals surface area contributed by atoms with Crippen LogP contribution in [0.15, 0.2) is 12.3 Å². The van der Waals surface area contributed by atoms with Gasteiger partial charge in [-0.2, -0.15) is 5.10 Å². The van der Waals surface area contributed by atoms with E-state index in [0.29, 0.717) is 49.2 Å². The van der Waals surface area contributed by atoms with Gasteiger partial charge in [0.25, 0.3) is 0 Å². The van der Waals surface area contributed by atoms with E-state index in [-0.39, 0.29) is 35.5 Å². The summed E-state index contributed by atoms with van der Waals surface area (Å²) in [7, 11) is -3.01. The molecule has 0 radical (unpaired) electrons. The Morgan fingerprint density at radius 1 is 1.26 bits per heavy atom. The Bertz CT molecular complexity index is 1210. The second-order valence-electron chi connectivity index (χ2n) is 10.6. The van der Waals surface area contributed by atoms with Crippen LogP contribution in [0, 0.1) is 11.7 Å². The normalized spacial score (nSPS) is 21.1. The van der Waals surface area contributed by atoms with Gasteiger partial charge >= 0.3 is 0 Å². The Labute approximate surface area is 206 Å². The van der Waals surface area contributed by atoms with Crippen LogP contribution < -0.4 is 10.1 Å². The number of carbonyl (C=O) groups excluding carboxylic acids is 1. The maximum Gasteiger partial charge on any atom is 0.223 e. The van der Waals surface area contributed by atoms with Gasteiger partial charge in [-0.05, 0) is 60.3 Å². The molecule has 0 spiro atoms. The molecule has 1 amide bonds. The number of nitrogens with one attached hydrogen (secondary N) is 1. The fraction of sp³-hybridized carbons (Fsp3) is 0.640. The van der Waals surface area contributed by atoms with Crippen molar-refractivity contribution in [1.82, 2.24) is 20.1 Å². The van der Waals surface area contributed by atoms with Crippen LogP contribution in [0.5, 0.6) is 5.88 Å². The van der Waals surface area contributed by atoms with E-state index >= 15 is 0 Å². The first-order valence-corrected chi connectivity index (χ1v) is 14.1. The van der Waals surface area contributed by atoms with Crippen LogP contribution in [0.1, 0.15) is 71.2 Å². The average Bonchev–Trinajstić information content (AvgIpc) is 3.16. The van der Waals surface area contributed by atoms with Crippen molar-refractivity contribution < 1.29 is 22.3 Å². The maximum absolute atomic E-state index is 14.9. The average molecular weight is 507 g/mol. The van der Waals surface area contributed by atoms with Gasteiger partial charge in [0.1, 0.15) is 9.84 Å². The smallest absolute Gasteiger partial charge is 0.223 e. The maximum atomic E-state index is 14.9. The van der Waals surface area contributed by atoms with Crippen molar-refractivity contribution in [2.45, 2.75) is 84.4 Å². The summed E-state index contributed by atoms with van der Waals surface area (Å²) in [6.07, 6.45) is 3.65. The van der Waals surface area contributed by atoms with E-state index in [1.165, 1.54) is 0 Å². The fourth-order valence-electron chi connectivity index (χ4n) is 4.92. The second-order valence-corrected chi connectivity index (χ2v) is 12.9. The number of pyridine rings is 1. The summed E-state index contributed by atoms with van der Waals surface area (Å²) in [5.74, 6) is -0.220. The van der Waals surface area contributed by atoms with Crippen molar-refractivity contribution in [2.75, 3.05) is 11.5 Å². The summed E-state index contributed by atoms with van der Waals surface area (Å²) < 4.78 is 46.1. The van der Waals surface area contributed by atoms with Crippen molar-refractivity contribution >= 4 is 15.7 Å². The molecule has 1 N–H and O–H groups in total. The number of rotatable bonds is 6. The van der Waals surface area contributed by atoms with Gasteiger partial charge in [0.2, 0.25) is 11.8 Å². The minimum atomic E-state index is -3.01. The predicted molar refractivity (Wildman–Crippen MR) is 132 cm³/mol. The lowest BCUT2D eigenvalue weighted by Gasteiger charge is -2.36. The van der Waals surface area contributed by atoms with Crippen molar-refractivity contribution in [3.05, 3.63) is 29.3 Å². The molecule has 35 heavy (non-hydrogen) atoms. The van der Waals surface area contributed by atoms with Gasteiger partial charge in [-0.25, -0.2) is 17.8 Å². The minimum Gasteiger partial charge on any atom is -0.475 e. The van der Waals surface area contributed by atoms with Gasteiger partial charge in [0.15, 0.2) is 5.82 Å². The predicted octanol–water partition coefficient (Wildman–Crippen LogP) is 3.64. The van der Waals surface area contributed by atoms with Gasteiger partial charge in [0, 0.05) is 46.8 Å². The van der Waals surface area contributed by atoms with E-state index in [1.54, 1.807) is 6.07 Å². The Hall–Kier alpha value is -2.49. The topological polar surface area (TPSA) is 103 Å². The van der Waals surface area contributed by atoms with Crippen LogP contribution in [-0.4, -0.2) is 52.2 Å². The van der Waals surface area contributed by atoms with E-state index in [0.717, 1.165) is 17.5 Å². The zero-order valence-corrected chi connectivity index (χ0v) is 21.9. The number of amides is 1. The van der Waals surface area contributed by atoms with Crippen LogP contribution in [0.3, 0.4) is 0 Å². The van der Waals surface area contributed by atoms with E-state index in [9.17, 15) is 17.6 Å². The molecule has 1 fully saturated rings. The summed E-state index contributed by atoms with van der Waals surface area (Å²) in [6, 6.07) is 1.64. The minimum absolute atomic E-state index is 0.0386. The highest BCUT2D eigenvalue weighted by Gasteiger charge is 2.38. The highest BCUT2D eigenvalue weighted by atomic mass is 32.2. The van der Waals surface area contributed by atoms with Crippen LogP contribution in [-0.2, 0) is 27.5 Å². The SMILES string of the molecule is CC(C)Oc1cc(-c2nn(C(C)C)c3c2CC[C@@H](C(=O)NC2(C)CCS(=O)(=O)CC2)C3)c(F)cn1. The molecule has 192 valence electrons. The standard InChI is InChI=1S/C25H35FN4O4S/c1-15(2)30-21-12-17(24(31)28-25(5)8-10-35(32,33)11-9-25)6-7-18(21)23(29-30)19-13-22(34-16(3)4)27-14-20(19)26/h13-17H,6-12H2,1-5H3,(H,28,31)/t17-/m1/s1. The molecule has 0 aromatic carbocycles. The zero-order valence-electron chi connectivity index (χ0n) is 21.1. The summed E-state index contributed by atoms with van der Waals surface area (Å²) in [4.78, 5) is 17.3. The highest BCUT2D eigenvalue weighted by molar-refractivity contribution is 7.91. The first-order valence-electron chi connectivity index (χ1n) is 12.3. The van der Waals surface area contributed by atoms with Gasteiger partial charge in [-0.1, -0.05) is 0 Å². The third-order valence-corrected chi connectivity index (χ3v) is 8.61. The molecule has 2 aromatic heterocycles. The van der Waals surface area contributed by atoms with Gasteiger partial charge in [0.05, 0.1) is 29.5 Å². The molecule has 8 nitrogen and oxygen atoms in total. The van der Waals surface area contributed by atoms with Crippen molar-refractivity contribution in [3.63, 3.8) is 0 Å². The number of carbonyl (C=O) groups is 1. The van der Waals surface area contributed by atoms with E-state index in [2.05, 4.69) is 10.3 Å². The molecule has 2 aromatic rings.